The van der Waals surface area contributed by atoms with Crippen LogP contribution in [0.2, 0.25) is 0 Å². The number of hydrogen-bond donors (Lipinski definition) is 4. The first-order chi connectivity index (χ1) is 10.1. The highest BCUT2D eigenvalue weighted by molar-refractivity contribution is 5.99. The van der Waals surface area contributed by atoms with Crippen molar-refractivity contribution in [2.45, 2.75) is 13.0 Å². The van der Waals surface area contributed by atoms with Gasteiger partial charge in [-0.1, -0.05) is 30.3 Å². The molecule has 0 aliphatic rings. The summed E-state index contributed by atoms with van der Waals surface area (Å²) in [7, 11) is 0. The van der Waals surface area contributed by atoms with E-state index in [1.165, 1.54) is 18.2 Å². The molecule has 2 aromatic rings. The van der Waals surface area contributed by atoms with Crippen molar-refractivity contribution in [3.05, 3.63) is 59.2 Å². The molecule has 0 spiro atoms. The van der Waals surface area contributed by atoms with Crippen molar-refractivity contribution in [2.24, 2.45) is 5.73 Å². The summed E-state index contributed by atoms with van der Waals surface area (Å²) in [5.74, 6) is -1.01. The number of carbonyl (C=O) groups is 1. The maximum Gasteiger partial charge on any atom is 0.259 e. The first-order valence-electron chi connectivity index (χ1n) is 6.69. The Hall–Kier alpha value is -2.53. The van der Waals surface area contributed by atoms with Gasteiger partial charge in [-0.2, -0.15) is 0 Å². The van der Waals surface area contributed by atoms with Gasteiger partial charge in [-0.3, -0.25) is 4.79 Å². The number of benzene rings is 2. The first-order valence-corrected chi connectivity index (χ1v) is 6.69. The zero-order chi connectivity index (χ0) is 15.2. The van der Waals surface area contributed by atoms with Gasteiger partial charge in [-0.05, 0) is 36.2 Å². The second-order valence-electron chi connectivity index (χ2n) is 4.71. The number of phenolic OH excluding ortho intramolecular Hbond substituents is 2. The summed E-state index contributed by atoms with van der Waals surface area (Å²) in [5.41, 5.74) is 7.45. The molecular formula is C16H18N2O3. The van der Waals surface area contributed by atoms with E-state index in [0.717, 1.165) is 17.5 Å². The minimum atomic E-state index is -0.517. The van der Waals surface area contributed by atoms with Gasteiger partial charge in [0.1, 0.15) is 17.1 Å². The smallest absolute Gasteiger partial charge is 0.259 e. The molecule has 110 valence electrons. The molecule has 0 aliphatic heterocycles. The normalized spacial score (nSPS) is 10.3. The predicted octanol–water partition coefficient (Wildman–Crippen LogP) is 1.53. The third kappa shape index (κ3) is 3.73. The van der Waals surface area contributed by atoms with Crippen LogP contribution in [-0.4, -0.2) is 22.7 Å². The predicted molar refractivity (Wildman–Crippen MR) is 80.1 cm³/mol. The lowest BCUT2D eigenvalue weighted by Gasteiger charge is -2.09. The molecule has 5 heteroatoms. The standard InChI is InChI=1S/C16H18N2O3/c17-9-8-11-4-6-12(7-5-11)10-18-16(21)15-13(19)2-1-3-14(15)20/h1-7,19-20H,8-10,17H2,(H,18,21). The van der Waals surface area contributed by atoms with Crippen LogP contribution in [0.5, 0.6) is 11.5 Å². The van der Waals surface area contributed by atoms with Gasteiger partial charge in [0.2, 0.25) is 0 Å². The quantitative estimate of drug-likeness (QED) is 0.670. The lowest BCUT2D eigenvalue weighted by Crippen LogP contribution is -2.23. The number of nitrogens with two attached hydrogens (primary N) is 1. The molecule has 2 aromatic carbocycles. The van der Waals surface area contributed by atoms with E-state index in [9.17, 15) is 15.0 Å². The summed E-state index contributed by atoms with van der Waals surface area (Å²) in [6.45, 7) is 0.915. The van der Waals surface area contributed by atoms with E-state index in [4.69, 9.17) is 5.73 Å². The lowest BCUT2D eigenvalue weighted by molar-refractivity contribution is 0.0945. The minimum absolute atomic E-state index is 0.114. The molecule has 0 unspecified atom stereocenters. The Morgan fingerprint density at radius 3 is 2.14 bits per heavy atom. The van der Waals surface area contributed by atoms with Gasteiger partial charge in [0, 0.05) is 6.54 Å². The van der Waals surface area contributed by atoms with Crippen LogP contribution in [0.3, 0.4) is 0 Å². The Morgan fingerprint density at radius 1 is 1.00 bits per heavy atom. The highest BCUT2D eigenvalue weighted by atomic mass is 16.3. The Morgan fingerprint density at radius 2 is 1.57 bits per heavy atom. The molecule has 0 fully saturated rings. The van der Waals surface area contributed by atoms with E-state index in [2.05, 4.69) is 5.32 Å². The molecule has 0 heterocycles. The Bertz CT molecular complexity index is 604. The van der Waals surface area contributed by atoms with E-state index in [-0.39, 0.29) is 17.1 Å². The summed E-state index contributed by atoms with van der Waals surface area (Å²) in [4.78, 5) is 12.0. The molecule has 5 nitrogen and oxygen atoms in total. The molecule has 0 aliphatic carbocycles. The number of phenols is 2. The molecule has 0 atom stereocenters. The average molecular weight is 286 g/mol. The van der Waals surface area contributed by atoms with Crippen LogP contribution in [0.4, 0.5) is 0 Å². The maximum atomic E-state index is 12.0. The van der Waals surface area contributed by atoms with E-state index < -0.39 is 5.91 Å². The SMILES string of the molecule is NCCc1ccc(CNC(=O)c2c(O)cccc2O)cc1. The van der Waals surface area contributed by atoms with E-state index in [1.807, 2.05) is 24.3 Å². The van der Waals surface area contributed by atoms with Crippen molar-refractivity contribution < 1.29 is 15.0 Å². The molecule has 1 amide bonds. The van der Waals surface area contributed by atoms with Gasteiger partial charge in [-0.25, -0.2) is 0 Å². The second-order valence-corrected chi connectivity index (χ2v) is 4.71. The van der Waals surface area contributed by atoms with Crippen LogP contribution in [0, 0.1) is 0 Å². The largest absolute Gasteiger partial charge is 0.507 e. The molecule has 0 radical (unpaired) electrons. The van der Waals surface area contributed by atoms with E-state index in [0.29, 0.717) is 13.1 Å². The highest BCUT2D eigenvalue weighted by Crippen LogP contribution is 2.25. The number of carbonyl (C=O) groups excluding carboxylic acids is 1. The zero-order valence-electron chi connectivity index (χ0n) is 11.5. The van der Waals surface area contributed by atoms with Crippen LogP contribution in [0.1, 0.15) is 21.5 Å². The third-order valence-electron chi connectivity index (χ3n) is 3.16. The van der Waals surface area contributed by atoms with Crippen molar-refractivity contribution in [1.29, 1.82) is 0 Å². The Balaban J connectivity index is 2.01. The van der Waals surface area contributed by atoms with Gasteiger partial charge < -0.3 is 21.3 Å². The van der Waals surface area contributed by atoms with Gasteiger partial charge in [-0.15, -0.1) is 0 Å². The number of aromatic hydroxyl groups is 2. The molecule has 5 N–H and O–H groups in total. The fourth-order valence-corrected chi connectivity index (χ4v) is 2.02. The number of hydrogen-bond acceptors (Lipinski definition) is 4. The molecule has 0 saturated carbocycles. The van der Waals surface area contributed by atoms with Crippen LogP contribution >= 0.6 is 0 Å². The molecule has 0 aromatic heterocycles. The van der Waals surface area contributed by atoms with Gasteiger partial charge in [0.15, 0.2) is 0 Å². The van der Waals surface area contributed by atoms with E-state index in [1.54, 1.807) is 0 Å². The summed E-state index contributed by atoms with van der Waals surface area (Å²) < 4.78 is 0. The van der Waals surface area contributed by atoms with Gasteiger partial charge >= 0.3 is 0 Å². The summed E-state index contributed by atoms with van der Waals surface area (Å²) >= 11 is 0. The molecule has 2 rings (SSSR count). The molecular weight excluding hydrogens is 268 g/mol. The van der Waals surface area contributed by atoms with Gasteiger partial charge in [0.05, 0.1) is 0 Å². The van der Waals surface area contributed by atoms with Crippen molar-refractivity contribution in [1.82, 2.24) is 5.32 Å². The van der Waals surface area contributed by atoms with E-state index >= 15 is 0 Å². The maximum absolute atomic E-state index is 12.0. The topological polar surface area (TPSA) is 95.6 Å². The van der Waals surface area contributed by atoms with Crippen molar-refractivity contribution >= 4 is 5.91 Å². The lowest BCUT2D eigenvalue weighted by atomic mass is 10.1. The second kappa shape index (κ2) is 6.76. The Kier molecular flexibility index (Phi) is 4.79. The zero-order valence-corrected chi connectivity index (χ0v) is 11.5. The van der Waals surface area contributed by atoms with Crippen LogP contribution in [0.15, 0.2) is 42.5 Å². The van der Waals surface area contributed by atoms with Gasteiger partial charge in [0.25, 0.3) is 5.91 Å². The van der Waals surface area contributed by atoms with Crippen molar-refractivity contribution in [2.75, 3.05) is 6.54 Å². The van der Waals surface area contributed by atoms with Crippen LogP contribution < -0.4 is 11.1 Å². The third-order valence-corrected chi connectivity index (χ3v) is 3.16. The summed E-state index contributed by atoms with van der Waals surface area (Å²) in [6.07, 6.45) is 0.818. The molecule has 0 bridgehead atoms. The van der Waals surface area contributed by atoms with Crippen LogP contribution in [-0.2, 0) is 13.0 Å². The minimum Gasteiger partial charge on any atom is -0.507 e. The summed E-state index contributed by atoms with van der Waals surface area (Å²) in [6, 6.07) is 11.9. The Labute approximate surface area is 123 Å². The van der Waals surface area contributed by atoms with Crippen molar-refractivity contribution in [3.63, 3.8) is 0 Å². The van der Waals surface area contributed by atoms with Crippen LogP contribution in [0.25, 0.3) is 0 Å². The number of amides is 1. The highest BCUT2D eigenvalue weighted by Gasteiger charge is 2.15. The fraction of sp³-hybridized carbons (Fsp3) is 0.188. The fourth-order valence-electron chi connectivity index (χ4n) is 2.02. The molecule has 0 saturated heterocycles. The van der Waals surface area contributed by atoms with Crippen molar-refractivity contribution in [3.8, 4) is 11.5 Å². The molecule has 21 heavy (non-hydrogen) atoms. The first kappa shape index (κ1) is 14.9. The number of nitrogens with one attached hydrogen (secondary N) is 1. The monoisotopic (exact) mass is 286 g/mol. The summed E-state index contributed by atoms with van der Waals surface area (Å²) in [5, 5.41) is 21.9. The number of rotatable bonds is 5. The average Bonchev–Trinajstić information content (AvgIpc) is 2.47.